The van der Waals surface area contributed by atoms with Crippen molar-refractivity contribution in [1.29, 1.82) is 0 Å². The van der Waals surface area contributed by atoms with E-state index in [0.717, 1.165) is 9.87 Å². The number of benzene rings is 1. The summed E-state index contributed by atoms with van der Waals surface area (Å²) in [5, 5.41) is 6.98. The van der Waals surface area contributed by atoms with Crippen LogP contribution in [0.2, 0.25) is 5.02 Å². The lowest BCUT2D eigenvalue weighted by molar-refractivity contribution is -0.121. The first-order chi connectivity index (χ1) is 11.8. The summed E-state index contributed by atoms with van der Waals surface area (Å²) in [7, 11) is -3.85. The Morgan fingerprint density at radius 3 is 2.44 bits per heavy atom. The molecular formula is C16H20ClN3O4S. The van der Waals surface area contributed by atoms with Crippen molar-refractivity contribution in [3.8, 4) is 0 Å². The fraction of sp³-hybridized carbons (Fsp3) is 0.375. The van der Waals surface area contributed by atoms with Gasteiger partial charge in [0.05, 0.1) is 6.54 Å². The molecular weight excluding hydrogens is 366 g/mol. The summed E-state index contributed by atoms with van der Waals surface area (Å²) >= 11 is 5.81. The van der Waals surface area contributed by atoms with E-state index < -0.39 is 15.9 Å². The number of nitrogens with zero attached hydrogens (tertiary/aromatic N) is 2. The Balaban J connectivity index is 2.05. The fourth-order valence-electron chi connectivity index (χ4n) is 2.36. The number of rotatable bonds is 7. The van der Waals surface area contributed by atoms with Crippen LogP contribution in [0.25, 0.3) is 0 Å². The van der Waals surface area contributed by atoms with Gasteiger partial charge in [0.1, 0.15) is 10.6 Å². The molecule has 0 saturated carbocycles. The zero-order valence-corrected chi connectivity index (χ0v) is 15.8. The molecule has 1 aromatic carbocycles. The molecule has 1 aromatic heterocycles. The monoisotopic (exact) mass is 385 g/mol. The summed E-state index contributed by atoms with van der Waals surface area (Å²) in [5.41, 5.74) is 1.15. The maximum absolute atomic E-state index is 12.7. The lowest BCUT2D eigenvalue weighted by Crippen LogP contribution is -2.40. The lowest BCUT2D eigenvalue weighted by atomic mass is 10.2. The second kappa shape index (κ2) is 7.99. The molecule has 0 fully saturated rings. The highest BCUT2D eigenvalue weighted by Gasteiger charge is 2.31. The van der Waals surface area contributed by atoms with Crippen LogP contribution in [0, 0.1) is 13.8 Å². The van der Waals surface area contributed by atoms with Gasteiger partial charge in [0, 0.05) is 18.1 Å². The second-order valence-corrected chi connectivity index (χ2v) is 7.80. The number of halogens is 1. The van der Waals surface area contributed by atoms with Crippen molar-refractivity contribution in [3.05, 3.63) is 46.3 Å². The molecule has 2 rings (SSSR count). The quantitative estimate of drug-likeness (QED) is 0.789. The van der Waals surface area contributed by atoms with E-state index in [1.165, 1.54) is 6.92 Å². The molecule has 1 heterocycles. The van der Waals surface area contributed by atoms with Crippen molar-refractivity contribution in [1.82, 2.24) is 14.8 Å². The minimum atomic E-state index is -3.85. The Kier molecular flexibility index (Phi) is 6.21. The third kappa shape index (κ3) is 4.59. The molecule has 0 aliphatic heterocycles. The topological polar surface area (TPSA) is 92.5 Å². The SMILES string of the molecule is CCN(CC(=O)NCc1ccc(Cl)cc1)S(=O)(=O)c1c(C)noc1C. The van der Waals surface area contributed by atoms with Gasteiger partial charge in [-0.1, -0.05) is 35.8 Å². The predicted octanol–water partition coefficient (Wildman–Crippen LogP) is 2.27. The van der Waals surface area contributed by atoms with Gasteiger partial charge in [-0.05, 0) is 31.5 Å². The van der Waals surface area contributed by atoms with Crippen molar-refractivity contribution in [2.75, 3.05) is 13.1 Å². The van der Waals surface area contributed by atoms with Crippen LogP contribution in [0.1, 0.15) is 23.9 Å². The molecule has 7 nitrogen and oxygen atoms in total. The predicted molar refractivity (Wildman–Crippen MR) is 93.7 cm³/mol. The van der Waals surface area contributed by atoms with E-state index in [-0.39, 0.29) is 29.4 Å². The molecule has 9 heteroatoms. The van der Waals surface area contributed by atoms with Crippen LogP contribution < -0.4 is 5.32 Å². The summed E-state index contributed by atoms with van der Waals surface area (Å²) < 4.78 is 31.5. The van der Waals surface area contributed by atoms with E-state index in [2.05, 4.69) is 10.5 Å². The minimum Gasteiger partial charge on any atom is -0.360 e. The van der Waals surface area contributed by atoms with E-state index >= 15 is 0 Å². The highest BCUT2D eigenvalue weighted by molar-refractivity contribution is 7.89. The maximum Gasteiger partial charge on any atom is 0.248 e. The van der Waals surface area contributed by atoms with Crippen molar-refractivity contribution in [2.45, 2.75) is 32.2 Å². The fourth-order valence-corrected chi connectivity index (χ4v) is 4.18. The normalized spacial score (nSPS) is 11.7. The maximum atomic E-state index is 12.7. The van der Waals surface area contributed by atoms with Crippen LogP contribution in [0.4, 0.5) is 0 Å². The van der Waals surface area contributed by atoms with Crippen LogP contribution in [-0.4, -0.2) is 36.9 Å². The van der Waals surface area contributed by atoms with Gasteiger partial charge in [-0.15, -0.1) is 0 Å². The van der Waals surface area contributed by atoms with Crippen molar-refractivity contribution < 1.29 is 17.7 Å². The number of amides is 1. The van der Waals surface area contributed by atoms with Gasteiger partial charge in [-0.25, -0.2) is 8.42 Å². The summed E-state index contributed by atoms with van der Waals surface area (Å²) in [5.74, 6) is -0.190. The first kappa shape index (κ1) is 19.4. The van der Waals surface area contributed by atoms with E-state index in [4.69, 9.17) is 16.1 Å². The molecule has 0 saturated heterocycles. The van der Waals surface area contributed by atoms with Crippen molar-refractivity contribution in [3.63, 3.8) is 0 Å². The van der Waals surface area contributed by atoms with Gasteiger partial charge in [0.25, 0.3) is 0 Å². The lowest BCUT2D eigenvalue weighted by Gasteiger charge is -2.19. The van der Waals surface area contributed by atoms with Crippen LogP contribution in [0.3, 0.4) is 0 Å². The number of carbonyl (C=O) groups excluding carboxylic acids is 1. The molecule has 0 bridgehead atoms. The molecule has 0 radical (unpaired) electrons. The van der Waals surface area contributed by atoms with Crippen molar-refractivity contribution >= 4 is 27.5 Å². The molecule has 1 amide bonds. The van der Waals surface area contributed by atoms with Crippen molar-refractivity contribution in [2.24, 2.45) is 0 Å². The minimum absolute atomic E-state index is 0.0138. The third-order valence-corrected chi connectivity index (χ3v) is 6.06. The number of likely N-dealkylation sites (N-methyl/N-ethyl adjacent to an activating group) is 1. The number of hydrogen-bond acceptors (Lipinski definition) is 5. The van der Waals surface area contributed by atoms with Gasteiger partial charge < -0.3 is 9.84 Å². The first-order valence-electron chi connectivity index (χ1n) is 7.70. The Hall–Kier alpha value is -1.90. The van der Waals surface area contributed by atoms with Gasteiger partial charge in [0.2, 0.25) is 15.9 Å². The highest BCUT2D eigenvalue weighted by atomic mass is 35.5. The number of carbonyl (C=O) groups is 1. The van der Waals surface area contributed by atoms with Crippen LogP contribution in [0.5, 0.6) is 0 Å². The standard InChI is InChI=1S/C16H20ClN3O4S/c1-4-20(25(22,23)16-11(2)19-24-12(16)3)10-15(21)18-9-13-5-7-14(17)8-6-13/h5-8H,4,9-10H2,1-3H3,(H,18,21). The number of hydrogen-bond donors (Lipinski definition) is 1. The molecule has 0 aliphatic rings. The molecule has 0 aliphatic carbocycles. The van der Waals surface area contributed by atoms with Crippen LogP contribution >= 0.6 is 11.6 Å². The average Bonchev–Trinajstić information content (AvgIpc) is 2.91. The van der Waals surface area contributed by atoms with Gasteiger partial charge in [-0.2, -0.15) is 4.31 Å². The molecule has 25 heavy (non-hydrogen) atoms. The zero-order valence-electron chi connectivity index (χ0n) is 14.2. The van der Waals surface area contributed by atoms with E-state index in [1.54, 1.807) is 38.1 Å². The summed E-state index contributed by atoms with van der Waals surface area (Å²) in [6, 6.07) is 7.04. The molecule has 136 valence electrons. The molecule has 2 aromatic rings. The Bertz CT molecular complexity index is 827. The van der Waals surface area contributed by atoms with E-state index in [1.807, 2.05) is 0 Å². The molecule has 1 N–H and O–H groups in total. The number of aromatic nitrogens is 1. The number of nitrogens with one attached hydrogen (secondary N) is 1. The second-order valence-electron chi connectivity index (χ2n) is 5.49. The summed E-state index contributed by atoms with van der Waals surface area (Å²) in [4.78, 5) is 12.2. The van der Waals surface area contributed by atoms with Gasteiger partial charge >= 0.3 is 0 Å². The number of sulfonamides is 1. The Morgan fingerprint density at radius 1 is 1.28 bits per heavy atom. The van der Waals surface area contributed by atoms with E-state index in [9.17, 15) is 13.2 Å². The number of aryl methyl sites for hydroxylation is 2. The molecule has 0 unspecified atom stereocenters. The Morgan fingerprint density at radius 2 is 1.92 bits per heavy atom. The zero-order chi connectivity index (χ0) is 18.6. The van der Waals surface area contributed by atoms with Crippen LogP contribution in [0.15, 0.2) is 33.7 Å². The summed E-state index contributed by atoms with van der Waals surface area (Å²) in [6.07, 6.45) is 0. The largest absolute Gasteiger partial charge is 0.360 e. The molecule has 0 spiro atoms. The molecule has 0 atom stereocenters. The third-order valence-electron chi connectivity index (χ3n) is 3.64. The average molecular weight is 386 g/mol. The highest BCUT2D eigenvalue weighted by Crippen LogP contribution is 2.22. The smallest absolute Gasteiger partial charge is 0.248 e. The van der Waals surface area contributed by atoms with Gasteiger partial charge in [0.15, 0.2) is 5.76 Å². The van der Waals surface area contributed by atoms with Gasteiger partial charge in [-0.3, -0.25) is 4.79 Å². The van der Waals surface area contributed by atoms with Crippen LogP contribution in [-0.2, 0) is 21.4 Å². The van der Waals surface area contributed by atoms with E-state index in [0.29, 0.717) is 11.6 Å². The first-order valence-corrected chi connectivity index (χ1v) is 9.51. The summed E-state index contributed by atoms with van der Waals surface area (Å²) in [6.45, 7) is 4.91. The Labute approximate surface area is 152 Å².